The van der Waals surface area contributed by atoms with Crippen molar-refractivity contribution in [3.8, 4) is 0 Å². The van der Waals surface area contributed by atoms with Gasteiger partial charge in [0.15, 0.2) is 12.9 Å². The molecule has 7 heteroatoms. The zero-order chi connectivity index (χ0) is 25.0. The lowest BCUT2D eigenvalue weighted by Gasteiger charge is -2.30. The molecule has 0 saturated carbocycles. The monoisotopic (exact) mass is 516 g/mol. The molecule has 4 aromatic carbocycles. The third-order valence-electron chi connectivity index (χ3n) is 6.39. The predicted octanol–water partition coefficient (Wildman–Crippen LogP) is 5.38. The maximum atomic E-state index is 15.3. The molecule has 0 radical (unpaired) electrons. The zero-order valence-corrected chi connectivity index (χ0v) is 21.1. The first kappa shape index (κ1) is 24.5. The van der Waals surface area contributed by atoms with E-state index in [0.717, 1.165) is 5.56 Å². The standard InChI is InChI=1S/C29H25O5PS/c30-28(22-13-5-1-6-14-22)27(21-26-29(34-36(32)33-26)23-15-7-2-8-16-23)35(31,24-17-9-3-10-18-24)25-19-11-4-12-20-25/h1-20,26-27,29H,21H2/t26-,27?,29-,36?/m1/s1. The number of Topliss-reactive ketones (excluding diaryl/α,β-unsaturated/α-hetero) is 1. The molecule has 1 aliphatic heterocycles. The van der Waals surface area contributed by atoms with Crippen molar-refractivity contribution in [1.82, 2.24) is 0 Å². The zero-order valence-electron chi connectivity index (χ0n) is 19.4. The molecule has 0 bridgehead atoms. The van der Waals surface area contributed by atoms with Crippen LogP contribution in [0.4, 0.5) is 0 Å². The van der Waals surface area contributed by atoms with Crippen LogP contribution < -0.4 is 10.6 Å². The van der Waals surface area contributed by atoms with E-state index in [0.29, 0.717) is 16.2 Å². The molecular weight excluding hydrogens is 491 g/mol. The molecule has 0 amide bonds. The third-order valence-corrected chi connectivity index (χ3v) is 10.6. The van der Waals surface area contributed by atoms with Gasteiger partial charge in [0.1, 0.15) is 12.2 Å². The summed E-state index contributed by atoms with van der Waals surface area (Å²) < 4.78 is 38.9. The normalized spacial score (nSPS) is 20.6. The van der Waals surface area contributed by atoms with E-state index in [9.17, 15) is 9.00 Å². The summed E-state index contributed by atoms with van der Waals surface area (Å²) in [5.41, 5.74) is 0.291. The number of carbonyl (C=O) groups is 1. The van der Waals surface area contributed by atoms with Crippen molar-refractivity contribution < 1.29 is 21.9 Å². The van der Waals surface area contributed by atoms with Gasteiger partial charge in [0.25, 0.3) is 0 Å². The van der Waals surface area contributed by atoms with Gasteiger partial charge in [-0.25, -0.2) is 0 Å². The minimum Gasteiger partial charge on any atom is -0.313 e. The summed E-state index contributed by atoms with van der Waals surface area (Å²) in [6, 6.07) is 36.4. The second kappa shape index (κ2) is 10.9. The third kappa shape index (κ3) is 4.91. The van der Waals surface area contributed by atoms with Gasteiger partial charge >= 0.3 is 11.4 Å². The molecule has 1 saturated heterocycles. The number of rotatable bonds is 8. The molecule has 1 aliphatic rings. The Morgan fingerprint density at radius 2 is 1.19 bits per heavy atom. The van der Waals surface area contributed by atoms with Crippen molar-refractivity contribution in [3.05, 3.63) is 132 Å². The highest BCUT2D eigenvalue weighted by molar-refractivity contribution is 7.80. The Hall–Kier alpha value is -3.15. The average molecular weight is 517 g/mol. The maximum absolute atomic E-state index is 15.3. The minimum atomic E-state index is -3.53. The van der Waals surface area contributed by atoms with Crippen LogP contribution in [0.5, 0.6) is 0 Å². The van der Waals surface area contributed by atoms with Gasteiger partial charge in [-0.15, -0.1) is 0 Å². The highest BCUT2D eigenvalue weighted by atomic mass is 32.2. The van der Waals surface area contributed by atoms with Crippen LogP contribution in [0.1, 0.15) is 28.4 Å². The van der Waals surface area contributed by atoms with Gasteiger partial charge < -0.3 is 4.57 Å². The van der Waals surface area contributed by atoms with Gasteiger partial charge in [0, 0.05) is 16.2 Å². The first-order chi connectivity index (χ1) is 17.6. The second-order valence-corrected chi connectivity index (χ2v) is 12.3. The SMILES string of the molecule is O=C(c1ccccc1)C(C[C@H]1OS(=O)O[C@@H]1c1ccccc1)P(=O)(c1ccccc1)c1ccccc1. The van der Waals surface area contributed by atoms with Crippen LogP contribution in [-0.4, -0.2) is 21.8 Å². The van der Waals surface area contributed by atoms with Crippen LogP contribution in [0.3, 0.4) is 0 Å². The van der Waals surface area contributed by atoms with Gasteiger partial charge in [-0.05, 0) is 12.0 Å². The van der Waals surface area contributed by atoms with Crippen LogP contribution in [0.25, 0.3) is 0 Å². The van der Waals surface area contributed by atoms with E-state index in [-0.39, 0.29) is 12.2 Å². The number of hydrogen-bond acceptors (Lipinski definition) is 5. The van der Waals surface area contributed by atoms with Gasteiger partial charge in [-0.2, -0.15) is 4.21 Å². The molecule has 1 heterocycles. The number of ketones is 1. The molecular formula is C29H25O5PS. The van der Waals surface area contributed by atoms with Crippen LogP contribution >= 0.6 is 7.14 Å². The topological polar surface area (TPSA) is 69.7 Å². The highest BCUT2D eigenvalue weighted by Gasteiger charge is 2.47. The lowest BCUT2D eigenvalue weighted by atomic mass is 9.97. The van der Waals surface area contributed by atoms with E-state index in [1.807, 2.05) is 72.8 Å². The van der Waals surface area contributed by atoms with E-state index < -0.39 is 36.4 Å². The van der Waals surface area contributed by atoms with Crippen LogP contribution in [0, 0.1) is 0 Å². The maximum Gasteiger partial charge on any atom is 0.305 e. The molecule has 1 fully saturated rings. The van der Waals surface area contributed by atoms with E-state index in [1.54, 1.807) is 48.5 Å². The lowest BCUT2D eigenvalue weighted by molar-refractivity contribution is 0.0941. The van der Waals surface area contributed by atoms with Crippen LogP contribution in [0.2, 0.25) is 0 Å². The van der Waals surface area contributed by atoms with Gasteiger partial charge in [0.05, 0.1) is 5.66 Å². The Morgan fingerprint density at radius 1 is 0.722 bits per heavy atom. The Morgan fingerprint density at radius 3 is 1.72 bits per heavy atom. The Labute approximate surface area is 213 Å². The van der Waals surface area contributed by atoms with Crippen LogP contribution in [0.15, 0.2) is 121 Å². The fourth-order valence-electron chi connectivity index (χ4n) is 4.64. The Kier molecular flexibility index (Phi) is 7.40. The van der Waals surface area contributed by atoms with E-state index in [2.05, 4.69) is 0 Å². The fourth-order valence-corrected chi connectivity index (χ4v) is 8.70. The van der Waals surface area contributed by atoms with Crippen molar-refractivity contribution in [3.63, 3.8) is 0 Å². The van der Waals surface area contributed by atoms with E-state index >= 15 is 4.57 Å². The average Bonchev–Trinajstić information content (AvgIpc) is 3.33. The minimum absolute atomic E-state index is 0.0695. The Balaban J connectivity index is 1.64. The summed E-state index contributed by atoms with van der Waals surface area (Å²) in [5.74, 6) is -0.250. The number of hydrogen-bond donors (Lipinski definition) is 0. The predicted molar refractivity (Wildman–Crippen MR) is 142 cm³/mol. The molecule has 0 spiro atoms. The summed E-state index contributed by atoms with van der Waals surface area (Å²) in [6.45, 7) is 0. The molecule has 5 rings (SSSR count). The molecule has 4 aromatic rings. The largest absolute Gasteiger partial charge is 0.313 e. The van der Waals surface area contributed by atoms with Gasteiger partial charge in [-0.3, -0.25) is 13.2 Å². The van der Waals surface area contributed by atoms with Crippen molar-refractivity contribution >= 4 is 34.9 Å². The number of carbonyl (C=O) groups excluding carboxylic acids is 1. The molecule has 0 N–H and O–H groups in total. The van der Waals surface area contributed by atoms with Gasteiger partial charge in [0.2, 0.25) is 0 Å². The summed E-state index contributed by atoms with van der Waals surface area (Å²) in [5, 5.41) is 1.17. The van der Waals surface area contributed by atoms with Crippen molar-refractivity contribution in [1.29, 1.82) is 0 Å². The molecule has 2 unspecified atom stereocenters. The summed E-state index contributed by atoms with van der Waals surface area (Å²) in [4.78, 5) is 14.1. The molecule has 0 aliphatic carbocycles. The molecule has 182 valence electrons. The molecule has 4 atom stereocenters. The number of benzene rings is 4. The molecule has 36 heavy (non-hydrogen) atoms. The first-order valence-electron chi connectivity index (χ1n) is 11.7. The van der Waals surface area contributed by atoms with Gasteiger partial charge in [-0.1, -0.05) is 121 Å². The highest BCUT2D eigenvalue weighted by Crippen LogP contribution is 2.53. The quantitative estimate of drug-likeness (QED) is 0.232. The van der Waals surface area contributed by atoms with Crippen molar-refractivity contribution in [2.45, 2.75) is 24.3 Å². The lowest BCUT2D eigenvalue weighted by Crippen LogP contribution is -2.35. The second-order valence-electron chi connectivity index (χ2n) is 8.58. The first-order valence-corrected chi connectivity index (χ1v) is 14.5. The summed E-state index contributed by atoms with van der Waals surface area (Å²) in [6.07, 6.45) is -1.31. The smallest absolute Gasteiger partial charge is 0.305 e. The summed E-state index contributed by atoms with van der Waals surface area (Å²) >= 11 is -1.97. The Bertz CT molecular complexity index is 1340. The van der Waals surface area contributed by atoms with Crippen LogP contribution in [-0.2, 0) is 24.3 Å². The molecule has 5 nitrogen and oxygen atoms in total. The molecule has 0 aromatic heterocycles. The summed E-state index contributed by atoms with van der Waals surface area (Å²) in [7, 11) is -3.53. The van der Waals surface area contributed by atoms with Crippen molar-refractivity contribution in [2.24, 2.45) is 0 Å². The van der Waals surface area contributed by atoms with Crippen molar-refractivity contribution in [2.75, 3.05) is 0 Å². The van der Waals surface area contributed by atoms with E-state index in [4.69, 9.17) is 8.37 Å². The fraction of sp³-hybridized carbons (Fsp3) is 0.138. The van der Waals surface area contributed by atoms with E-state index in [1.165, 1.54) is 0 Å².